The summed E-state index contributed by atoms with van der Waals surface area (Å²) in [5, 5.41) is 3.78. The minimum absolute atomic E-state index is 0.0478. The maximum Gasteiger partial charge on any atom is 0.433 e. The quantitative estimate of drug-likeness (QED) is 0.618. The molecule has 8 nitrogen and oxygen atoms in total. The summed E-state index contributed by atoms with van der Waals surface area (Å²) >= 11 is 0. The summed E-state index contributed by atoms with van der Waals surface area (Å²) in [6.45, 7) is 8.19. The fourth-order valence-corrected chi connectivity index (χ4v) is 5.49. The number of alkyl halides is 3. The average molecular weight is 500 g/mol. The maximum absolute atomic E-state index is 13.8. The van der Waals surface area contributed by atoms with E-state index < -0.39 is 17.3 Å². The molecule has 0 aromatic carbocycles. The lowest BCUT2D eigenvalue weighted by Crippen LogP contribution is -2.54. The zero-order valence-corrected chi connectivity index (χ0v) is 20.5. The number of aromatic nitrogens is 2. The number of anilines is 1. The Bertz CT molecular complexity index is 865. The van der Waals surface area contributed by atoms with E-state index in [-0.39, 0.29) is 17.9 Å². The van der Waals surface area contributed by atoms with Gasteiger partial charge in [-0.05, 0) is 44.6 Å². The van der Waals surface area contributed by atoms with E-state index in [4.69, 9.17) is 9.47 Å². The molecule has 1 aromatic heterocycles. The predicted molar refractivity (Wildman–Crippen MR) is 124 cm³/mol. The first-order valence-electron chi connectivity index (χ1n) is 12.6. The van der Waals surface area contributed by atoms with Crippen molar-refractivity contribution < 1.29 is 27.4 Å². The van der Waals surface area contributed by atoms with E-state index in [0.717, 1.165) is 51.2 Å². The largest absolute Gasteiger partial charge is 0.433 e. The van der Waals surface area contributed by atoms with Gasteiger partial charge in [0, 0.05) is 57.7 Å². The van der Waals surface area contributed by atoms with E-state index in [1.807, 2.05) is 11.8 Å². The van der Waals surface area contributed by atoms with Gasteiger partial charge in [-0.1, -0.05) is 6.92 Å². The van der Waals surface area contributed by atoms with Crippen LogP contribution in [0.3, 0.4) is 0 Å². The summed E-state index contributed by atoms with van der Waals surface area (Å²) in [6.07, 6.45) is -0.00312. The molecule has 2 saturated heterocycles. The zero-order chi connectivity index (χ0) is 25.1. The minimum atomic E-state index is -4.52. The molecule has 1 aromatic rings. The molecular formula is C24H36F3N5O3. The fraction of sp³-hybridized carbons (Fsp3) is 0.792. The van der Waals surface area contributed by atoms with Crippen LogP contribution in [0.25, 0.3) is 0 Å². The van der Waals surface area contributed by atoms with Gasteiger partial charge >= 0.3 is 6.18 Å². The summed E-state index contributed by atoms with van der Waals surface area (Å²) in [4.78, 5) is 25.0. The Balaban J connectivity index is 1.38. The van der Waals surface area contributed by atoms with Crippen molar-refractivity contribution in [2.24, 2.45) is 11.3 Å². The summed E-state index contributed by atoms with van der Waals surface area (Å²) < 4.78 is 50.5. The number of hydrogen-bond acceptors (Lipinski definition) is 7. The standard InChI is InChI=1S/C24H36F3N5O3/c1-3-34-16-23(7-4-18(14-23)29-19-6-13-35-15-17(19)2)21(33)31-9-11-32(12-10-31)22-28-8-5-20(30-22)24(25,26)27/h5,8,17-19,29H,3-4,6-7,9-16H2,1-2H3/t17?,18-,19-,23+/m1/s1. The van der Waals surface area contributed by atoms with Gasteiger partial charge in [0.25, 0.3) is 0 Å². The van der Waals surface area contributed by atoms with Crippen LogP contribution in [0.15, 0.2) is 12.3 Å². The smallest absolute Gasteiger partial charge is 0.381 e. The highest BCUT2D eigenvalue weighted by molar-refractivity contribution is 5.83. The van der Waals surface area contributed by atoms with Gasteiger partial charge in [-0.25, -0.2) is 9.97 Å². The van der Waals surface area contributed by atoms with E-state index in [0.29, 0.717) is 51.4 Å². The topological polar surface area (TPSA) is 79.8 Å². The van der Waals surface area contributed by atoms with E-state index in [1.54, 1.807) is 4.90 Å². The Morgan fingerprint density at radius 1 is 1.29 bits per heavy atom. The van der Waals surface area contributed by atoms with Gasteiger partial charge in [0.15, 0.2) is 0 Å². The molecule has 0 bridgehead atoms. The Labute approximate surface area is 204 Å². The van der Waals surface area contributed by atoms with Crippen molar-refractivity contribution in [2.75, 3.05) is 57.5 Å². The van der Waals surface area contributed by atoms with Gasteiger partial charge in [-0.2, -0.15) is 13.2 Å². The van der Waals surface area contributed by atoms with Crippen molar-refractivity contribution in [1.29, 1.82) is 0 Å². The van der Waals surface area contributed by atoms with Crippen LogP contribution in [0.1, 0.15) is 45.2 Å². The van der Waals surface area contributed by atoms with Crippen molar-refractivity contribution in [2.45, 2.75) is 57.8 Å². The number of hydrogen-bond donors (Lipinski definition) is 1. The lowest BCUT2D eigenvalue weighted by Gasteiger charge is -2.40. The van der Waals surface area contributed by atoms with Crippen LogP contribution in [-0.2, 0) is 20.4 Å². The highest BCUT2D eigenvalue weighted by Gasteiger charge is 2.48. The molecule has 1 unspecified atom stereocenters. The number of piperazine rings is 1. The van der Waals surface area contributed by atoms with Gasteiger partial charge in [-0.3, -0.25) is 4.79 Å². The van der Waals surface area contributed by atoms with Crippen LogP contribution < -0.4 is 10.2 Å². The predicted octanol–water partition coefficient (Wildman–Crippen LogP) is 2.73. The Hall–Kier alpha value is -1.98. The number of ether oxygens (including phenoxy) is 2. The Morgan fingerprint density at radius 2 is 2.06 bits per heavy atom. The number of nitrogens with one attached hydrogen (secondary N) is 1. The minimum Gasteiger partial charge on any atom is -0.381 e. The first kappa shape index (κ1) is 26.1. The molecule has 3 heterocycles. The third-order valence-electron chi connectivity index (χ3n) is 7.52. The van der Waals surface area contributed by atoms with Gasteiger partial charge in [0.1, 0.15) is 5.69 Å². The van der Waals surface area contributed by atoms with Crippen molar-refractivity contribution >= 4 is 11.9 Å². The van der Waals surface area contributed by atoms with Gasteiger partial charge in [0.2, 0.25) is 11.9 Å². The lowest BCUT2D eigenvalue weighted by molar-refractivity contribution is -0.146. The first-order chi connectivity index (χ1) is 16.7. The molecule has 4 rings (SSSR count). The molecule has 2 aliphatic heterocycles. The van der Waals surface area contributed by atoms with Crippen molar-refractivity contribution in [3.8, 4) is 0 Å². The second-order valence-electron chi connectivity index (χ2n) is 9.99. The van der Waals surface area contributed by atoms with Gasteiger partial charge in [-0.15, -0.1) is 0 Å². The summed E-state index contributed by atoms with van der Waals surface area (Å²) in [5.41, 5.74) is -1.53. The average Bonchev–Trinajstić information content (AvgIpc) is 3.27. The van der Waals surface area contributed by atoms with Crippen molar-refractivity contribution in [1.82, 2.24) is 20.2 Å². The molecule has 196 valence electrons. The molecule has 0 spiro atoms. The van der Waals surface area contributed by atoms with E-state index >= 15 is 0 Å². The van der Waals surface area contributed by atoms with Crippen LogP contribution in [0, 0.1) is 11.3 Å². The molecule has 1 amide bonds. The molecule has 1 N–H and O–H groups in total. The van der Waals surface area contributed by atoms with Crippen LogP contribution in [0.4, 0.5) is 19.1 Å². The number of carbonyl (C=O) groups is 1. The van der Waals surface area contributed by atoms with Crippen molar-refractivity contribution in [3.63, 3.8) is 0 Å². The molecule has 1 aliphatic carbocycles. The van der Waals surface area contributed by atoms with Crippen molar-refractivity contribution in [3.05, 3.63) is 18.0 Å². The molecule has 3 fully saturated rings. The third-order valence-corrected chi connectivity index (χ3v) is 7.52. The number of rotatable bonds is 7. The lowest BCUT2D eigenvalue weighted by atomic mass is 9.84. The Morgan fingerprint density at radius 3 is 2.74 bits per heavy atom. The highest BCUT2D eigenvalue weighted by Crippen LogP contribution is 2.41. The number of amides is 1. The SMILES string of the molecule is CCOC[C@]1(C(=O)N2CCN(c3nccc(C(F)(F)F)n3)CC2)CC[C@@H](N[C@@H]2CCOCC2C)C1. The normalized spacial score (nSPS) is 30.0. The van der Waals surface area contributed by atoms with E-state index in [9.17, 15) is 18.0 Å². The van der Waals surface area contributed by atoms with Crippen LogP contribution >= 0.6 is 0 Å². The maximum atomic E-state index is 13.8. The van der Waals surface area contributed by atoms with Crippen LogP contribution in [0.2, 0.25) is 0 Å². The van der Waals surface area contributed by atoms with Gasteiger partial charge in [0.05, 0.1) is 18.6 Å². The number of carbonyl (C=O) groups excluding carboxylic acids is 1. The van der Waals surface area contributed by atoms with Gasteiger partial charge < -0.3 is 24.6 Å². The first-order valence-corrected chi connectivity index (χ1v) is 12.6. The third kappa shape index (κ3) is 6.06. The molecule has 11 heteroatoms. The van der Waals surface area contributed by atoms with Crippen LogP contribution in [-0.4, -0.2) is 85.5 Å². The Kier molecular flexibility index (Phi) is 8.17. The molecule has 35 heavy (non-hydrogen) atoms. The second kappa shape index (κ2) is 11.0. The number of halogens is 3. The monoisotopic (exact) mass is 499 g/mol. The fourth-order valence-electron chi connectivity index (χ4n) is 5.49. The highest BCUT2D eigenvalue weighted by atomic mass is 19.4. The molecule has 0 radical (unpaired) electrons. The molecule has 3 aliphatic rings. The molecule has 1 saturated carbocycles. The molecule has 4 atom stereocenters. The zero-order valence-electron chi connectivity index (χ0n) is 20.5. The van der Waals surface area contributed by atoms with E-state index in [2.05, 4.69) is 22.2 Å². The second-order valence-corrected chi connectivity index (χ2v) is 9.99. The molecular weight excluding hydrogens is 463 g/mol. The summed E-state index contributed by atoms with van der Waals surface area (Å²) in [6, 6.07) is 1.51. The number of nitrogens with zero attached hydrogens (tertiary/aromatic N) is 4. The van der Waals surface area contributed by atoms with Crippen LogP contribution in [0.5, 0.6) is 0 Å². The summed E-state index contributed by atoms with van der Waals surface area (Å²) in [7, 11) is 0. The van der Waals surface area contributed by atoms with E-state index in [1.165, 1.54) is 0 Å². The summed E-state index contributed by atoms with van der Waals surface area (Å²) in [5.74, 6) is 0.569.